The Balaban J connectivity index is 1.21. The van der Waals surface area contributed by atoms with Crippen molar-refractivity contribution in [1.82, 2.24) is 9.97 Å². The SMILES string of the molecule is O=C1C2=C(C=CC1c1ccc3ccccc3n1)Sc1ccc(-c3ccc4ccccc4n3)cc1C2. The number of benzene rings is 3. The predicted molar refractivity (Wildman–Crippen MR) is 142 cm³/mol. The van der Waals surface area contributed by atoms with Gasteiger partial charge in [-0.3, -0.25) is 9.78 Å². The lowest BCUT2D eigenvalue weighted by molar-refractivity contribution is -0.116. The number of aromatic nitrogens is 2. The van der Waals surface area contributed by atoms with Crippen molar-refractivity contribution in [2.45, 2.75) is 17.2 Å². The zero-order valence-corrected chi connectivity index (χ0v) is 19.6. The molecule has 0 bridgehead atoms. The Morgan fingerprint density at radius 2 is 1.51 bits per heavy atom. The summed E-state index contributed by atoms with van der Waals surface area (Å²) in [5.41, 5.74) is 6.79. The molecule has 5 aromatic rings. The summed E-state index contributed by atoms with van der Waals surface area (Å²) in [7, 11) is 0. The minimum Gasteiger partial charge on any atom is -0.293 e. The topological polar surface area (TPSA) is 42.9 Å². The fourth-order valence-corrected chi connectivity index (χ4v) is 6.03. The lowest BCUT2D eigenvalue weighted by Gasteiger charge is -2.26. The van der Waals surface area contributed by atoms with E-state index >= 15 is 0 Å². The van der Waals surface area contributed by atoms with E-state index in [2.05, 4.69) is 48.5 Å². The number of pyridine rings is 2. The minimum absolute atomic E-state index is 0.151. The van der Waals surface area contributed by atoms with Gasteiger partial charge in [-0.15, -0.1) is 0 Å². The van der Waals surface area contributed by atoms with Crippen LogP contribution in [0, 0.1) is 0 Å². The van der Waals surface area contributed by atoms with E-state index in [4.69, 9.17) is 9.97 Å². The number of allylic oxidation sites excluding steroid dienone is 3. The summed E-state index contributed by atoms with van der Waals surface area (Å²) in [5, 5.41) is 2.22. The molecule has 0 radical (unpaired) electrons. The van der Waals surface area contributed by atoms with E-state index in [0.29, 0.717) is 6.42 Å². The first kappa shape index (κ1) is 20.4. The van der Waals surface area contributed by atoms with Crippen LogP contribution in [0.1, 0.15) is 17.2 Å². The molecule has 2 aromatic heterocycles. The molecule has 7 rings (SSSR count). The standard InChI is InChI=1S/C31H20N2OS/c34-31-23(28-14-10-20-6-2-4-8-26(20)33-28)12-16-30-24(31)18-22-17-21(11-15-29(22)35-30)27-13-9-19-5-1-3-7-25(19)32-27/h1-17,23H,18H2. The van der Waals surface area contributed by atoms with Crippen LogP contribution in [0.25, 0.3) is 33.1 Å². The van der Waals surface area contributed by atoms with E-state index in [9.17, 15) is 4.79 Å². The number of Topliss-reactive ketones (excluding diaryl/α,β-unsaturated/α-hetero) is 1. The van der Waals surface area contributed by atoms with Crippen LogP contribution in [0.15, 0.2) is 119 Å². The Bertz CT molecular complexity index is 1730. The molecule has 0 fully saturated rings. The van der Waals surface area contributed by atoms with Crippen LogP contribution in [-0.2, 0) is 11.2 Å². The van der Waals surface area contributed by atoms with Gasteiger partial charge in [-0.25, -0.2) is 4.98 Å². The average molecular weight is 469 g/mol. The Labute approximate surface area is 207 Å². The average Bonchev–Trinajstić information content (AvgIpc) is 2.91. The molecule has 4 heteroatoms. The number of hydrogen-bond acceptors (Lipinski definition) is 4. The monoisotopic (exact) mass is 468 g/mol. The van der Waals surface area contributed by atoms with Crippen LogP contribution in [0.2, 0.25) is 0 Å². The third-order valence-corrected chi connectivity index (χ3v) is 8.02. The molecule has 35 heavy (non-hydrogen) atoms. The summed E-state index contributed by atoms with van der Waals surface area (Å²) >= 11 is 1.68. The van der Waals surface area contributed by atoms with Crippen LogP contribution in [0.3, 0.4) is 0 Å². The molecule has 166 valence electrons. The van der Waals surface area contributed by atoms with Crippen LogP contribution in [0.4, 0.5) is 0 Å². The molecule has 1 unspecified atom stereocenters. The van der Waals surface area contributed by atoms with E-state index < -0.39 is 0 Å². The van der Waals surface area contributed by atoms with Crippen LogP contribution in [0.5, 0.6) is 0 Å². The van der Waals surface area contributed by atoms with Crippen LogP contribution < -0.4 is 0 Å². The van der Waals surface area contributed by atoms with E-state index in [0.717, 1.165) is 49.2 Å². The molecular formula is C31H20N2OS. The van der Waals surface area contributed by atoms with Gasteiger partial charge >= 0.3 is 0 Å². The fourth-order valence-electron chi connectivity index (χ4n) is 4.95. The third-order valence-electron chi connectivity index (χ3n) is 6.80. The molecule has 0 saturated carbocycles. The number of para-hydroxylation sites is 2. The van der Waals surface area contributed by atoms with Crippen molar-refractivity contribution in [3.63, 3.8) is 0 Å². The largest absolute Gasteiger partial charge is 0.293 e. The van der Waals surface area contributed by atoms with Crippen molar-refractivity contribution in [2.24, 2.45) is 0 Å². The van der Waals surface area contributed by atoms with Gasteiger partial charge in [0, 0.05) is 38.1 Å². The second-order valence-corrected chi connectivity index (χ2v) is 10.0. The molecule has 3 nitrogen and oxygen atoms in total. The normalized spacial score (nSPS) is 17.0. The lowest BCUT2D eigenvalue weighted by atomic mass is 9.86. The van der Waals surface area contributed by atoms with Crippen molar-refractivity contribution < 1.29 is 4.79 Å². The molecule has 0 spiro atoms. The van der Waals surface area contributed by atoms with Crippen molar-refractivity contribution in [2.75, 3.05) is 0 Å². The summed E-state index contributed by atoms with van der Waals surface area (Å²) in [6.45, 7) is 0. The maximum atomic E-state index is 13.6. The van der Waals surface area contributed by atoms with Gasteiger partial charge in [0.1, 0.15) is 0 Å². The lowest BCUT2D eigenvalue weighted by Crippen LogP contribution is -2.21. The van der Waals surface area contributed by atoms with Gasteiger partial charge < -0.3 is 0 Å². The molecule has 1 atom stereocenters. The molecule has 3 heterocycles. The highest BCUT2D eigenvalue weighted by Gasteiger charge is 2.31. The van der Waals surface area contributed by atoms with Crippen molar-refractivity contribution in [3.05, 3.63) is 125 Å². The number of nitrogens with zero attached hydrogens (tertiary/aromatic N) is 2. The Morgan fingerprint density at radius 3 is 2.34 bits per heavy atom. The van der Waals surface area contributed by atoms with E-state index in [-0.39, 0.29) is 11.7 Å². The van der Waals surface area contributed by atoms with Gasteiger partial charge in [0.2, 0.25) is 0 Å². The number of carbonyl (C=O) groups excluding carboxylic acids is 1. The summed E-state index contributed by atoms with van der Waals surface area (Å²) in [6.07, 6.45) is 4.74. The smallest absolute Gasteiger partial charge is 0.173 e. The van der Waals surface area contributed by atoms with Gasteiger partial charge in [-0.05, 0) is 42.0 Å². The Kier molecular flexibility index (Phi) is 4.67. The van der Waals surface area contributed by atoms with Crippen LogP contribution in [-0.4, -0.2) is 15.8 Å². The Morgan fingerprint density at radius 1 is 0.771 bits per heavy atom. The number of rotatable bonds is 2. The molecule has 3 aromatic carbocycles. The molecule has 1 aliphatic carbocycles. The second kappa shape index (κ2) is 8.03. The maximum absolute atomic E-state index is 13.6. The first-order valence-corrected chi connectivity index (χ1v) is 12.5. The fraction of sp³-hybridized carbons (Fsp3) is 0.0645. The highest BCUT2D eigenvalue weighted by atomic mass is 32.2. The predicted octanol–water partition coefficient (Wildman–Crippen LogP) is 7.28. The van der Waals surface area contributed by atoms with Gasteiger partial charge in [-0.1, -0.05) is 78.5 Å². The zero-order valence-electron chi connectivity index (χ0n) is 18.8. The molecule has 2 aliphatic rings. The summed E-state index contributed by atoms with van der Waals surface area (Å²) in [4.78, 5) is 25.5. The number of thioether (sulfide) groups is 1. The first-order valence-electron chi connectivity index (χ1n) is 11.7. The Hall–Kier alpha value is -4.02. The van der Waals surface area contributed by atoms with E-state index in [1.807, 2.05) is 54.6 Å². The van der Waals surface area contributed by atoms with Crippen molar-refractivity contribution >= 4 is 39.4 Å². The first-order chi connectivity index (χ1) is 17.2. The quantitative estimate of drug-likeness (QED) is 0.273. The van der Waals surface area contributed by atoms with Crippen molar-refractivity contribution in [1.29, 1.82) is 0 Å². The number of ketones is 1. The summed E-state index contributed by atoms with van der Waals surface area (Å²) < 4.78 is 0. The molecule has 0 saturated heterocycles. The van der Waals surface area contributed by atoms with Gasteiger partial charge in [0.05, 0.1) is 28.3 Å². The van der Waals surface area contributed by atoms with Gasteiger partial charge in [0.25, 0.3) is 0 Å². The molecule has 0 N–H and O–H groups in total. The van der Waals surface area contributed by atoms with E-state index in [1.54, 1.807) is 11.8 Å². The summed E-state index contributed by atoms with van der Waals surface area (Å²) in [6, 6.07) is 30.9. The van der Waals surface area contributed by atoms with Gasteiger partial charge in [0.15, 0.2) is 5.78 Å². The second-order valence-electron chi connectivity index (χ2n) is 8.96. The highest BCUT2D eigenvalue weighted by molar-refractivity contribution is 8.03. The number of hydrogen-bond donors (Lipinski definition) is 0. The number of carbonyl (C=O) groups is 1. The highest BCUT2D eigenvalue weighted by Crippen LogP contribution is 2.44. The van der Waals surface area contributed by atoms with Crippen LogP contribution >= 0.6 is 11.8 Å². The summed E-state index contributed by atoms with van der Waals surface area (Å²) in [5.74, 6) is -0.191. The number of fused-ring (bicyclic) bond motifs is 3. The molecule has 0 amide bonds. The molecule has 1 aliphatic heterocycles. The van der Waals surface area contributed by atoms with E-state index in [1.165, 1.54) is 10.5 Å². The molecular weight excluding hydrogens is 448 g/mol. The minimum atomic E-state index is -0.342. The zero-order chi connectivity index (χ0) is 23.4. The van der Waals surface area contributed by atoms with Crippen molar-refractivity contribution in [3.8, 4) is 11.3 Å². The maximum Gasteiger partial charge on any atom is 0.173 e. The third kappa shape index (κ3) is 3.49. The van der Waals surface area contributed by atoms with Gasteiger partial charge in [-0.2, -0.15) is 0 Å².